The van der Waals surface area contributed by atoms with Crippen LogP contribution in [0.1, 0.15) is 41.5 Å². The lowest BCUT2D eigenvalue weighted by Gasteiger charge is -2.36. The van der Waals surface area contributed by atoms with E-state index in [-0.39, 0.29) is 5.28 Å². The molecule has 1 fully saturated rings. The van der Waals surface area contributed by atoms with Gasteiger partial charge in [-0.15, -0.1) is 0 Å². The van der Waals surface area contributed by atoms with Crippen molar-refractivity contribution in [2.24, 2.45) is 0 Å². The molecule has 33 heavy (non-hydrogen) atoms. The van der Waals surface area contributed by atoms with E-state index in [9.17, 15) is 0 Å². The number of anilines is 1. The van der Waals surface area contributed by atoms with Crippen LogP contribution >= 0.6 is 34.8 Å². The Morgan fingerprint density at radius 3 is 2.06 bits per heavy atom. The molecule has 5 nitrogen and oxygen atoms in total. The van der Waals surface area contributed by atoms with Crippen molar-refractivity contribution in [2.45, 2.75) is 31.2 Å². The molecule has 0 amide bonds. The minimum absolute atomic E-state index is 0.178. The van der Waals surface area contributed by atoms with Gasteiger partial charge in [0.05, 0.1) is 5.69 Å². The van der Waals surface area contributed by atoms with Crippen molar-refractivity contribution in [3.8, 4) is 0 Å². The van der Waals surface area contributed by atoms with Crippen molar-refractivity contribution >= 4 is 40.6 Å². The number of nitrogens with zero attached hydrogens (tertiary/aromatic N) is 4. The van der Waals surface area contributed by atoms with Gasteiger partial charge >= 0.3 is 0 Å². The van der Waals surface area contributed by atoms with Crippen LogP contribution < -0.4 is 5.32 Å². The van der Waals surface area contributed by atoms with Gasteiger partial charge < -0.3 is 5.32 Å². The summed E-state index contributed by atoms with van der Waals surface area (Å²) in [5.41, 5.74) is 3.63. The number of halogens is 3. The molecular formula is C25H22Cl3N5. The summed E-state index contributed by atoms with van der Waals surface area (Å²) in [4.78, 5) is 16.0. The predicted molar refractivity (Wildman–Crippen MR) is 134 cm³/mol. The van der Waals surface area contributed by atoms with E-state index in [4.69, 9.17) is 34.8 Å². The molecule has 168 valence electrons. The summed E-state index contributed by atoms with van der Waals surface area (Å²) in [5.74, 6) is 1.73. The van der Waals surface area contributed by atoms with Crippen LogP contribution in [-0.4, -0.2) is 19.9 Å². The van der Waals surface area contributed by atoms with E-state index in [1.165, 1.54) is 23.7 Å². The van der Waals surface area contributed by atoms with E-state index in [0.29, 0.717) is 22.3 Å². The monoisotopic (exact) mass is 497 g/mol. The zero-order valence-corrected chi connectivity index (χ0v) is 20.0. The third-order valence-corrected chi connectivity index (χ3v) is 6.07. The van der Waals surface area contributed by atoms with Crippen molar-refractivity contribution < 1.29 is 0 Å². The molecule has 2 aromatic carbocycles. The molecule has 0 bridgehead atoms. The first kappa shape index (κ1) is 23.4. The van der Waals surface area contributed by atoms with Crippen LogP contribution in [0.15, 0.2) is 79.0 Å². The lowest BCUT2D eigenvalue weighted by atomic mass is 9.68. The second kappa shape index (κ2) is 11.4. The summed E-state index contributed by atoms with van der Waals surface area (Å²) in [6.45, 7) is 0.723. The van der Waals surface area contributed by atoms with E-state index in [0.717, 1.165) is 24.5 Å². The standard InChI is InChI=1S/C21H20ClN3.C4H2Cl2N2/c22-21-24-19(18-12-11-17(18)16-9-5-2-6-10-16)13-20(25-21)23-14-15-7-3-1-4-8-15;5-3-1-2-7-4(6)8-3/h1-10,13,17-18H,11-12,14H2,(H,23,24,25);1-2H. The second-order valence-corrected chi connectivity index (χ2v) is 8.70. The molecule has 1 aliphatic carbocycles. The SMILES string of the molecule is Clc1ccnc(Cl)n1.Clc1nc(NCc2ccccc2)cc(C2CCC2c2ccccc2)n1. The first-order valence-corrected chi connectivity index (χ1v) is 11.7. The van der Waals surface area contributed by atoms with Crippen molar-refractivity contribution in [3.63, 3.8) is 0 Å². The zero-order chi connectivity index (χ0) is 23.0. The molecule has 0 spiro atoms. The first-order valence-electron chi connectivity index (χ1n) is 10.6. The van der Waals surface area contributed by atoms with Gasteiger partial charge in [-0.2, -0.15) is 0 Å². The Balaban J connectivity index is 0.000000275. The summed E-state index contributed by atoms with van der Waals surface area (Å²) in [6, 6.07) is 24.6. The van der Waals surface area contributed by atoms with E-state index in [1.807, 2.05) is 18.2 Å². The highest BCUT2D eigenvalue weighted by atomic mass is 35.5. The molecule has 2 heterocycles. The van der Waals surface area contributed by atoms with Crippen LogP contribution in [0, 0.1) is 0 Å². The van der Waals surface area contributed by atoms with Gasteiger partial charge in [-0.05, 0) is 59.2 Å². The number of hydrogen-bond acceptors (Lipinski definition) is 5. The van der Waals surface area contributed by atoms with Crippen LogP contribution in [0.5, 0.6) is 0 Å². The average molecular weight is 499 g/mol. The Hall–Kier alpha value is -2.73. The molecule has 4 aromatic rings. The fraction of sp³-hybridized carbons (Fsp3) is 0.200. The number of nitrogens with one attached hydrogen (secondary N) is 1. The Bertz CT molecular complexity index is 1160. The number of aromatic nitrogens is 4. The predicted octanol–water partition coefficient (Wildman–Crippen LogP) is 7.19. The molecule has 8 heteroatoms. The topological polar surface area (TPSA) is 63.6 Å². The fourth-order valence-corrected chi connectivity index (χ4v) is 4.29. The van der Waals surface area contributed by atoms with E-state index >= 15 is 0 Å². The quantitative estimate of drug-likeness (QED) is 0.233. The van der Waals surface area contributed by atoms with Gasteiger partial charge in [0.2, 0.25) is 10.6 Å². The highest BCUT2D eigenvalue weighted by molar-refractivity contribution is 6.31. The normalized spacial score (nSPS) is 16.8. The van der Waals surface area contributed by atoms with Gasteiger partial charge in [0, 0.05) is 24.7 Å². The Labute approximate surface area is 208 Å². The highest BCUT2D eigenvalue weighted by Crippen LogP contribution is 2.48. The van der Waals surface area contributed by atoms with E-state index in [2.05, 4.69) is 73.8 Å². The summed E-state index contributed by atoms with van der Waals surface area (Å²) in [6.07, 6.45) is 3.84. The highest BCUT2D eigenvalue weighted by Gasteiger charge is 2.34. The maximum absolute atomic E-state index is 6.19. The number of benzene rings is 2. The average Bonchev–Trinajstić information content (AvgIpc) is 2.78. The van der Waals surface area contributed by atoms with Crippen molar-refractivity contribution in [2.75, 3.05) is 5.32 Å². The van der Waals surface area contributed by atoms with Crippen molar-refractivity contribution in [1.29, 1.82) is 0 Å². The Morgan fingerprint density at radius 1 is 0.758 bits per heavy atom. The molecule has 1 saturated carbocycles. The van der Waals surface area contributed by atoms with Gasteiger partial charge in [0.1, 0.15) is 11.0 Å². The summed E-state index contributed by atoms with van der Waals surface area (Å²) < 4.78 is 0. The third kappa shape index (κ3) is 6.64. The first-order chi connectivity index (χ1) is 16.1. The molecule has 2 atom stereocenters. The number of rotatable bonds is 5. The maximum atomic E-state index is 6.19. The molecule has 0 radical (unpaired) electrons. The van der Waals surface area contributed by atoms with Crippen molar-refractivity contribution in [3.05, 3.63) is 112 Å². The van der Waals surface area contributed by atoms with E-state index < -0.39 is 0 Å². The minimum atomic E-state index is 0.178. The van der Waals surface area contributed by atoms with Crippen LogP contribution in [0.25, 0.3) is 0 Å². The fourth-order valence-electron chi connectivity index (χ4n) is 3.77. The molecule has 2 unspecified atom stereocenters. The molecule has 1 N–H and O–H groups in total. The summed E-state index contributed by atoms with van der Waals surface area (Å²) in [5, 5.41) is 4.22. The molecular weight excluding hydrogens is 477 g/mol. The second-order valence-electron chi connectivity index (χ2n) is 7.64. The van der Waals surface area contributed by atoms with Crippen LogP contribution in [-0.2, 0) is 6.54 Å². The molecule has 1 aliphatic rings. The van der Waals surface area contributed by atoms with Crippen LogP contribution in [0.3, 0.4) is 0 Å². The molecule has 0 saturated heterocycles. The largest absolute Gasteiger partial charge is 0.366 e. The van der Waals surface area contributed by atoms with Crippen molar-refractivity contribution in [1.82, 2.24) is 19.9 Å². The van der Waals surface area contributed by atoms with Gasteiger partial charge in [-0.25, -0.2) is 19.9 Å². The summed E-state index contributed by atoms with van der Waals surface area (Å²) >= 11 is 16.9. The molecule has 0 aliphatic heterocycles. The van der Waals surface area contributed by atoms with Crippen LogP contribution in [0.2, 0.25) is 15.7 Å². The lowest BCUT2D eigenvalue weighted by molar-refractivity contribution is 0.339. The third-order valence-electron chi connectivity index (χ3n) is 5.51. The van der Waals surface area contributed by atoms with Gasteiger partial charge in [0.15, 0.2) is 0 Å². The number of hydrogen-bond donors (Lipinski definition) is 1. The van der Waals surface area contributed by atoms with Crippen LogP contribution in [0.4, 0.5) is 5.82 Å². The minimum Gasteiger partial charge on any atom is -0.366 e. The maximum Gasteiger partial charge on any atom is 0.224 e. The van der Waals surface area contributed by atoms with Gasteiger partial charge in [0.25, 0.3) is 0 Å². The Morgan fingerprint density at radius 2 is 1.45 bits per heavy atom. The Kier molecular flexibility index (Phi) is 8.10. The van der Waals surface area contributed by atoms with E-state index in [1.54, 1.807) is 6.07 Å². The van der Waals surface area contributed by atoms with Gasteiger partial charge in [-0.3, -0.25) is 0 Å². The molecule has 5 rings (SSSR count). The van der Waals surface area contributed by atoms with Gasteiger partial charge in [-0.1, -0.05) is 72.3 Å². The zero-order valence-electron chi connectivity index (χ0n) is 17.7. The lowest BCUT2D eigenvalue weighted by Crippen LogP contribution is -2.23. The molecule has 2 aromatic heterocycles. The smallest absolute Gasteiger partial charge is 0.224 e. The summed E-state index contributed by atoms with van der Waals surface area (Å²) in [7, 11) is 0.